The van der Waals surface area contributed by atoms with Crippen molar-refractivity contribution in [2.75, 3.05) is 13.1 Å². The van der Waals surface area contributed by atoms with Gasteiger partial charge < -0.3 is 10.0 Å². The number of rotatable bonds is 4. The second-order valence-corrected chi connectivity index (χ2v) is 6.80. The fraction of sp³-hybridized carbons (Fsp3) is 0.625. The molecular weight excluding hydrogens is 302 g/mol. The molecule has 106 valence electrons. The molecule has 0 saturated carbocycles. The molecule has 0 bridgehead atoms. The Hall–Kier alpha value is -0.380. The summed E-state index contributed by atoms with van der Waals surface area (Å²) >= 11 is 3.45. The largest absolute Gasteiger partial charge is 0.388 e. The molecule has 0 aromatic heterocycles. The molecule has 1 N–H and O–H groups in total. The first-order chi connectivity index (χ1) is 9.06. The summed E-state index contributed by atoms with van der Waals surface area (Å²) in [6.07, 6.45) is 3.08. The highest BCUT2D eigenvalue weighted by Crippen LogP contribution is 2.25. The highest BCUT2D eigenvalue weighted by molar-refractivity contribution is 9.10. The van der Waals surface area contributed by atoms with Gasteiger partial charge in [0.05, 0.1) is 6.10 Å². The molecule has 0 radical (unpaired) electrons. The molecule has 2 rings (SSSR count). The monoisotopic (exact) mass is 325 g/mol. The van der Waals surface area contributed by atoms with Crippen LogP contribution in [0.1, 0.15) is 44.8 Å². The van der Waals surface area contributed by atoms with Gasteiger partial charge in [0.15, 0.2) is 0 Å². The van der Waals surface area contributed by atoms with Crippen LogP contribution in [0.3, 0.4) is 0 Å². The molecule has 1 saturated heterocycles. The van der Waals surface area contributed by atoms with E-state index in [1.165, 1.54) is 19.4 Å². The Morgan fingerprint density at radius 2 is 2.16 bits per heavy atom. The third-order valence-corrected chi connectivity index (χ3v) is 4.66. The van der Waals surface area contributed by atoms with E-state index in [0.29, 0.717) is 6.04 Å². The topological polar surface area (TPSA) is 23.5 Å². The molecule has 1 aromatic carbocycles. The molecule has 0 spiro atoms. The van der Waals surface area contributed by atoms with E-state index in [2.05, 4.69) is 34.7 Å². The van der Waals surface area contributed by atoms with Gasteiger partial charge in [-0.1, -0.05) is 35.0 Å². The third-order valence-electron chi connectivity index (χ3n) is 4.17. The van der Waals surface area contributed by atoms with Gasteiger partial charge in [-0.15, -0.1) is 0 Å². The van der Waals surface area contributed by atoms with Crippen molar-refractivity contribution in [2.45, 2.75) is 45.3 Å². The van der Waals surface area contributed by atoms with Gasteiger partial charge in [0.1, 0.15) is 0 Å². The Kier molecular flexibility index (Phi) is 5.43. The molecule has 19 heavy (non-hydrogen) atoms. The van der Waals surface area contributed by atoms with Gasteiger partial charge in [0, 0.05) is 23.6 Å². The fourth-order valence-corrected chi connectivity index (χ4v) is 3.28. The van der Waals surface area contributed by atoms with E-state index in [1.807, 2.05) is 24.3 Å². The zero-order chi connectivity index (χ0) is 13.8. The molecule has 2 nitrogen and oxygen atoms in total. The number of benzene rings is 1. The average Bonchev–Trinajstić information content (AvgIpc) is 2.39. The van der Waals surface area contributed by atoms with Crippen LogP contribution >= 0.6 is 15.9 Å². The number of halogens is 1. The lowest BCUT2D eigenvalue weighted by atomic mass is 9.94. The zero-order valence-electron chi connectivity index (χ0n) is 11.8. The van der Waals surface area contributed by atoms with Crippen molar-refractivity contribution in [2.24, 2.45) is 5.92 Å². The molecule has 1 aliphatic heterocycles. The van der Waals surface area contributed by atoms with Gasteiger partial charge in [0.25, 0.3) is 0 Å². The number of aliphatic hydroxyl groups is 1. The standard InChI is InChI=1S/C16H24BrNO/c1-12-6-7-13(2)18(11-12)9-8-16(19)14-4-3-5-15(17)10-14/h3-5,10,12-13,16,19H,6-9,11H2,1-2H3. The van der Waals surface area contributed by atoms with Crippen molar-refractivity contribution in [1.29, 1.82) is 0 Å². The first-order valence-corrected chi connectivity index (χ1v) is 8.03. The number of hydrogen-bond donors (Lipinski definition) is 1. The fourth-order valence-electron chi connectivity index (χ4n) is 2.86. The molecule has 3 unspecified atom stereocenters. The smallest absolute Gasteiger partial charge is 0.0802 e. The van der Waals surface area contributed by atoms with Crippen molar-refractivity contribution < 1.29 is 5.11 Å². The van der Waals surface area contributed by atoms with Crippen LogP contribution in [-0.2, 0) is 0 Å². The van der Waals surface area contributed by atoms with Gasteiger partial charge >= 0.3 is 0 Å². The lowest BCUT2D eigenvalue weighted by molar-refractivity contribution is 0.0907. The zero-order valence-corrected chi connectivity index (χ0v) is 13.4. The highest BCUT2D eigenvalue weighted by Gasteiger charge is 2.23. The van der Waals surface area contributed by atoms with E-state index in [9.17, 15) is 5.11 Å². The molecule has 0 aliphatic carbocycles. The maximum Gasteiger partial charge on any atom is 0.0802 e. The van der Waals surface area contributed by atoms with Crippen molar-refractivity contribution in [3.8, 4) is 0 Å². The minimum absolute atomic E-state index is 0.359. The van der Waals surface area contributed by atoms with E-state index in [0.717, 1.165) is 28.9 Å². The summed E-state index contributed by atoms with van der Waals surface area (Å²) in [5.74, 6) is 0.791. The van der Waals surface area contributed by atoms with Crippen LogP contribution in [0.2, 0.25) is 0 Å². The van der Waals surface area contributed by atoms with Gasteiger partial charge in [0.2, 0.25) is 0 Å². The quantitative estimate of drug-likeness (QED) is 0.904. The van der Waals surface area contributed by atoms with E-state index in [4.69, 9.17) is 0 Å². The second-order valence-electron chi connectivity index (χ2n) is 5.89. The van der Waals surface area contributed by atoms with Crippen molar-refractivity contribution in [1.82, 2.24) is 4.90 Å². The summed E-state index contributed by atoms with van der Waals surface area (Å²) in [6, 6.07) is 8.63. The van der Waals surface area contributed by atoms with Crippen molar-refractivity contribution in [3.63, 3.8) is 0 Å². The summed E-state index contributed by atoms with van der Waals surface area (Å²) < 4.78 is 1.03. The Labute approximate surface area is 124 Å². The lowest BCUT2D eigenvalue weighted by Crippen LogP contribution is -2.41. The summed E-state index contributed by atoms with van der Waals surface area (Å²) in [7, 11) is 0. The minimum atomic E-state index is -0.359. The number of likely N-dealkylation sites (tertiary alicyclic amines) is 1. The summed E-state index contributed by atoms with van der Waals surface area (Å²) in [4.78, 5) is 2.52. The van der Waals surface area contributed by atoms with E-state index < -0.39 is 0 Å². The molecule has 1 aliphatic rings. The van der Waals surface area contributed by atoms with E-state index >= 15 is 0 Å². The number of piperidine rings is 1. The summed E-state index contributed by atoms with van der Waals surface area (Å²) in [5.41, 5.74) is 1.01. The van der Waals surface area contributed by atoms with Crippen LogP contribution in [0.15, 0.2) is 28.7 Å². The average molecular weight is 326 g/mol. The third kappa shape index (κ3) is 4.30. The van der Waals surface area contributed by atoms with Crippen LogP contribution in [-0.4, -0.2) is 29.1 Å². The SMILES string of the molecule is CC1CCC(C)N(CCC(O)c2cccc(Br)c2)C1. The van der Waals surface area contributed by atoms with Crippen LogP contribution in [0.4, 0.5) is 0 Å². The summed E-state index contributed by atoms with van der Waals surface area (Å²) in [6.45, 7) is 6.78. The number of nitrogens with zero attached hydrogens (tertiary/aromatic N) is 1. The molecule has 0 amide bonds. The lowest BCUT2D eigenvalue weighted by Gasteiger charge is -2.37. The Balaban J connectivity index is 1.87. The molecular formula is C16H24BrNO. The molecule has 1 fully saturated rings. The van der Waals surface area contributed by atoms with Gasteiger partial charge in [-0.25, -0.2) is 0 Å². The van der Waals surface area contributed by atoms with Gasteiger partial charge in [-0.2, -0.15) is 0 Å². The highest BCUT2D eigenvalue weighted by atomic mass is 79.9. The maximum atomic E-state index is 10.3. The second kappa shape index (κ2) is 6.87. The predicted octanol–water partition coefficient (Wildman–Crippen LogP) is 3.99. The molecule has 3 heteroatoms. The van der Waals surface area contributed by atoms with Gasteiger partial charge in [-0.05, 0) is 49.8 Å². The minimum Gasteiger partial charge on any atom is -0.388 e. The van der Waals surface area contributed by atoms with Crippen LogP contribution in [0.5, 0.6) is 0 Å². The first kappa shape index (κ1) is 15.0. The molecule has 3 atom stereocenters. The van der Waals surface area contributed by atoms with Gasteiger partial charge in [-0.3, -0.25) is 0 Å². The number of aliphatic hydroxyl groups excluding tert-OH is 1. The van der Waals surface area contributed by atoms with Crippen LogP contribution in [0, 0.1) is 5.92 Å². The summed E-state index contributed by atoms with van der Waals surface area (Å²) in [5, 5.41) is 10.3. The first-order valence-electron chi connectivity index (χ1n) is 7.24. The van der Waals surface area contributed by atoms with Crippen molar-refractivity contribution >= 4 is 15.9 Å². The van der Waals surface area contributed by atoms with Crippen LogP contribution < -0.4 is 0 Å². The Bertz CT molecular complexity index is 409. The van der Waals surface area contributed by atoms with Crippen LogP contribution in [0.25, 0.3) is 0 Å². The van der Waals surface area contributed by atoms with E-state index in [1.54, 1.807) is 0 Å². The predicted molar refractivity (Wildman–Crippen MR) is 83.2 cm³/mol. The normalized spacial score (nSPS) is 26.3. The van der Waals surface area contributed by atoms with E-state index in [-0.39, 0.29) is 6.10 Å². The van der Waals surface area contributed by atoms with Crippen molar-refractivity contribution in [3.05, 3.63) is 34.3 Å². The molecule has 1 heterocycles. The Morgan fingerprint density at radius 1 is 1.37 bits per heavy atom. The number of hydrogen-bond acceptors (Lipinski definition) is 2. The molecule has 1 aromatic rings. The maximum absolute atomic E-state index is 10.3. The Morgan fingerprint density at radius 3 is 2.89 bits per heavy atom.